The first-order valence-corrected chi connectivity index (χ1v) is 6.23. The third kappa shape index (κ3) is 2.28. The van der Waals surface area contributed by atoms with E-state index in [2.05, 4.69) is 37.4 Å². The van der Waals surface area contributed by atoms with E-state index in [1.165, 1.54) is 29.5 Å². The minimum Gasteiger partial charge on any atom is -0.330 e. The van der Waals surface area contributed by atoms with E-state index in [1.54, 1.807) is 0 Å². The van der Waals surface area contributed by atoms with Crippen LogP contribution in [0.4, 0.5) is 0 Å². The molecule has 1 aliphatic rings. The number of rotatable bonds is 2. The Labute approximate surface area is 98.2 Å². The van der Waals surface area contributed by atoms with Gasteiger partial charge in [-0.1, -0.05) is 18.2 Å². The van der Waals surface area contributed by atoms with Crippen molar-refractivity contribution in [3.05, 3.63) is 34.9 Å². The Morgan fingerprint density at radius 2 is 2.12 bits per heavy atom. The molecule has 0 radical (unpaired) electrons. The molecule has 0 unspecified atom stereocenters. The van der Waals surface area contributed by atoms with Crippen LogP contribution in [0.5, 0.6) is 0 Å². The molecule has 1 saturated heterocycles. The summed E-state index contributed by atoms with van der Waals surface area (Å²) in [4.78, 5) is 0. The normalized spacial score (nSPS) is 25.7. The summed E-state index contributed by atoms with van der Waals surface area (Å²) in [5.41, 5.74) is 10.0. The van der Waals surface area contributed by atoms with Gasteiger partial charge in [0.25, 0.3) is 0 Å². The Morgan fingerprint density at radius 3 is 2.81 bits per heavy atom. The molecule has 1 aromatic carbocycles. The molecule has 2 nitrogen and oxygen atoms in total. The van der Waals surface area contributed by atoms with Crippen LogP contribution in [-0.2, 0) is 0 Å². The van der Waals surface area contributed by atoms with Crippen molar-refractivity contribution in [1.29, 1.82) is 0 Å². The predicted octanol–water partition coefficient (Wildman–Crippen LogP) is 2.30. The molecule has 16 heavy (non-hydrogen) atoms. The smallest absolute Gasteiger partial charge is 0.0360 e. The Morgan fingerprint density at radius 1 is 1.31 bits per heavy atom. The average molecular weight is 218 g/mol. The topological polar surface area (TPSA) is 38.0 Å². The standard InChI is InChI=1S/C14H22N2/c1-10-5-6-12(8-11(10)2)14-13(9-15)4-3-7-16-14/h5-6,8,13-14,16H,3-4,7,9,15H2,1-2H3/t13-,14-/m0/s1. The van der Waals surface area contributed by atoms with Crippen molar-refractivity contribution in [3.63, 3.8) is 0 Å². The summed E-state index contributed by atoms with van der Waals surface area (Å²) in [6.07, 6.45) is 2.50. The van der Waals surface area contributed by atoms with Crippen molar-refractivity contribution in [2.45, 2.75) is 32.7 Å². The van der Waals surface area contributed by atoms with Gasteiger partial charge in [0.05, 0.1) is 0 Å². The Bertz CT molecular complexity index is 360. The van der Waals surface area contributed by atoms with Crippen LogP contribution >= 0.6 is 0 Å². The van der Waals surface area contributed by atoms with Gasteiger partial charge in [0, 0.05) is 6.04 Å². The van der Waals surface area contributed by atoms with Gasteiger partial charge in [-0.15, -0.1) is 0 Å². The van der Waals surface area contributed by atoms with Crippen molar-refractivity contribution in [2.24, 2.45) is 11.7 Å². The summed E-state index contributed by atoms with van der Waals surface area (Å²) in [5, 5.41) is 3.60. The van der Waals surface area contributed by atoms with E-state index >= 15 is 0 Å². The second-order valence-electron chi connectivity index (χ2n) is 4.91. The quantitative estimate of drug-likeness (QED) is 0.799. The molecular weight excluding hydrogens is 196 g/mol. The Hall–Kier alpha value is -0.860. The van der Waals surface area contributed by atoms with Gasteiger partial charge in [0.15, 0.2) is 0 Å². The fourth-order valence-electron chi connectivity index (χ4n) is 2.56. The summed E-state index contributed by atoms with van der Waals surface area (Å²) in [6, 6.07) is 7.22. The second-order valence-corrected chi connectivity index (χ2v) is 4.91. The number of hydrogen-bond acceptors (Lipinski definition) is 2. The monoisotopic (exact) mass is 218 g/mol. The molecule has 1 aromatic rings. The predicted molar refractivity (Wildman–Crippen MR) is 68.4 cm³/mol. The van der Waals surface area contributed by atoms with Crippen LogP contribution in [-0.4, -0.2) is 13.1 Å². The third-order valence-corrected chi connectivity index (χ3v) is 3.78. The number of nitrogens with one attached hydrogen (secondary N) is 1. The maximum Gasteiger partial charge on any atom is 0.0360 e. The number of hydrogen-bond donors (Lipinski definition) is 2. The van der Waals surface area contributed by atoms with Gasteiger partial charge in [0.2, 0.25) is 0 Å². The Kier molecular flexibility index (Phi) is 3.62. The van der Waals surface area contributed by atoms with E-state index in [-0.39, 0.29) is 0 Å². The molecule has 0 amide bonds. The van der Waals surface area contributed by atoms with Gasteiger partial charge in [-0.3, -0.25) is 0 Å². The van der Waals surface area contributed by atoms with Crippen molar-refractivity contribution in [1.82, 2.24) is 5.32 Å². The lowest BCUT2D eigenvalue weighted by molar-refractivity contribution is 0.291. The molecule has 88 valence electrons. The van der Waals surface area contributed by atoms with Crippen LogP contribution in [0.25, 0.3) is 0 Å². The third-order valence-electron chi connectivity index (χ3n) is 3.78. The minimum atomic E-state index is 0.457. The number of aryl methyl sites for hydroxylation is 2. The fourth-order valence-corrected chi connectivity index (χ4v) is 2.56. The fraction of sp³-hybridized carbons (Fsp3) is 0.571. The molecule has 1 heterocycles. The van der Waals surface area contributed by atoms with Gasteiger partial charge in [-0.25, -0.2) is 0 Å². The molecule has 2 atom stereocenters. The molecule has 3 N–H and O–H groups in total. The van der Waals surface area contributed by atoms with E-state index in [0.29, 0.717) is 12.0 Å². The second kappa shape index (κ2) is 4.98. The maximum atomic E-state index is 5.86. The van der Waals surface area contributed by atoms with Crippen molar-refractivity contribution >= 4 is 0 Å². The summed E-state index contributed by atoms with van der Waals surface area (Å²) in [5.74, 6) is 0.593. The van der Waals surface area contributed by atoms with Gasteiger partial charge < -0.3 is 11.1 Å². The maximum absolute atomic E-state index is 5.86. The molecule has 1 fully saturated rings. The zero-order chi connectivity index (χ0) is 11.5. The summed E-state index contributed by atoms with van der Waals surface area (Å²) >= 11 is 0. The van der Waals surface area contributed by atoms with Crippen LogP contribution in [0.1, 0.15) is 35.6 Å². The van der Waals surface area contributed by atoms with Gasteiger partial charge in [0.1, 0.15) is 0 Å². The van der Waals surface area contributed by atoms with Crippen LogP contribution < -0.4 is 11.1 Å². The highest BCUT2D eigenvalue weighted by atomic mass is 14.9. The van der Waals surface area contributed by atoms with E-state index in [4.69, 9.17) is 5.73 Å². The lowest BCUT2D eigenvalue weighted by Gasteiger charge is -2.32. The molecule has 2 heteroatoms. The zero-order valence-corrected chi connectivity index (χ0v) is 10.3. The van der Waals surface area contributed by atoms with Crippen LogP contribution in [0, 0.1) is 19.8 Å². The summed E-state index contributed by atoms with van der Waals surface area (Å²) in [6.45, 7) is 6.24. The molecule has 0 aliphatic carbocycles. The van der Waals surface area contributed by atoms with Crippen molar-refractivity contribution < 1.29 is 0 Å². The molecule has 1 aliphatic heterocycles. The first-order chi connectivity index (χ1) is 7.72. The minimum absolute atomic E-state index is 0.457. The molecule has 0 bridgehead atoms. The highest BCUT2D eigenvalue weighted by Crippen LogP contribution is 2.29. The Balaban J connectivity index is 2.23. The molecule has 0 aromatic heterocycles. The van der Waals surface area contributed by atoms with Crippen LogP contribution in [0.2, 0.25) is 0 Å². The first kappa shape index (κ1) is 11.6. The lowest BCUT2D eigenvalue weighted by atomic mass is 9.85. The first-order valence-electron chi connectivity index (χ1n) is 6.23. The largest absolute Gasteiger partial charge is 0.330 e. The van der Waals surface area contributed by atoms with E-state index < -0.39 is 0 Å². The average Bonchev–Trinajstić information content (AvgIpc) is 2.32. The zero-order valence-electron chi connectivity index (χ0n) is 10.3. The van der Waals surface area contributed by atoms with Gasteiger partial charge in [-0.05, 0) is 62.4 Å². The van der Waals surface area contributed by atoms with E-state index in [0.717, 1.165) is 13.1 Å². The van der Waals surface area contributed by atoms with E-state index in [9.17, 15) is 0 Å². The van der Waals surface area contributed by atoms with E-state index in [1.807, 2.05) is 0 Å². The highest BCUT2D eigenvalue weighted by molar-refractivity contribution is 5.32. The van der Waals surface area contributed by atoms with Crippen molar-refractivity contribution in [2.75, 3.05) is 13.1 Å². The lowest BCUT2D eigenvalue weighted by Crippen LogP contribution is -2.37. The van der Waals surface area contributed by atoms with Crippen LogP contribution in [0.3, 0.4) is 0 Å². The molecule has 2 rings (SSSR count). The number of nitrogens with two attached hydrogens (primary N) is 1. The van der Waals surface area contributed by atoms with Crippen LogP contribution in [0.15, 0.2) is 18.2 Å². The highest BCUT2D eigenvalue weighted by Gasteiger charge is 2.24. The van der Waals surface area contributed by atoms with Gasteiger partial charge >= 0.3 is 0 Å². The SMILES string of the molecule is Cc1ccc([C@@H]2NCCC[C@H]2CN)cc1C. The van der Waals surface area contributed by atoms with Crippen molar-refractivity contribution in [3.8, 4) is 0 Å². The molecule has 0 spiro atoms. The summed E-state index contributed by atoms with van der Waals surface area (Å²) in [7, 11) is 0. The molecular formula is C14H22N2. The molecule has 0 saturated carbocycles. The van der Waals surface area contributed by atoms with Gasteiger partial charge in [-0.2, -0.15) is 0 Å². The number of piperidine rings is 1. The summed E-state index contributed by atoms with van der Waals surface area (Å²) < 4.78 is 0. The number of benzene rings is 1.